The van der Waals surface area contributed by atoms with Crippen molar-refractivity contribution in [3.63, 3.8) is 0 Å². The molecule has 0 radical (unpaired) electrons. The lowest BCUT2D eigenvalue weighted by atomic mass is 10.1. The van der Waals surface area contributed by atoms with E-state index in [2.05, 4.69) is 31.1 Å². The highest BCUT2D eigenvalue weighted by atomic mass is 79.9. The Morgan fingerprint density at radius 1 is 1.19 bits per heavy atom. The predicted molar refractivity (Wildman–Crippen MR) is 108 cm³/mol. The number of carbonyl (C=O) groups is 1. The summed E-state index contributed by atoms with van der Waals surface area (Å²) in [6, 6.07) is 15.2. The van der Waals surface area contributed by atoms with Crippen LogP contribution < -0.4 is 9.64 Å². The number of ether oxygens (including phenoxy) is 1. The summed E-state index contributed by atoms with van der Waals surface area (Å²) in [5, 5.41) is 8.98. The van der Waals surface area contributed by atoms with Crippen molar-refractivity contribution in [1.29, 1.82) is 0 Å². The van der Waals surface area contributed by atoms with Crippen LogP contribution in [0.25, 0.3) is 11.3 Å². The van der Waals surface area contributed by atoms with E-state index in [1.807, 2.05) is 54.8 Å². The maximum atomic E-state index is 12.6. The van der Waals surface area contributed by atoms with Gasteiger partial charge in [0.05, 0.1) is 5.69 Å². The third kappa shape index (κ3) is 3.30. The average molecular weight is 443 g/mol. The maximum absolute atomic E-state index is 12.6. The molecule has 0 aliphatic carbocycles. The second-order valence-electron chi connectivity index (χ2n) is 5.88. The number of aromatic nitrogens is 3. The van der Waals surface area contributed by atoms with Crippen molar-refractivity contribution in [2.75, 3.05) is 11.2 Å². The summed E-state index contributed by atoms with van der Waals surface area (Å²) in [4.78, 5) is 18.8. The molecule has 0 saturated carbocycles. The molecule has 0 bridgehead atoms. The Morgan fingerprint density at radius 3 is 2.74 bits per heavy atom. The van der Waals surface area contributed by atoms with Crippen molar-refractivity contribution in [2.24, 2.45) is 0 Å². The second-order valence-corrected chi connectivity index (χ2v) is 7.57. The summed E-state index contributed by atoms with van der Waals surface area (Å²) < 4.78 is 7.15. The highest BCUT2D eigenvalue weighted by Crippen LogP contribution is 2.43. The number of para-hydroxylation sites is 1. The Balaban J connectivity index is 1.98. The first-order valence-corrected chi connectivity index (χ1v) is 10.2. The van der Waals surface area contributed by atoms with Crippen molar-refractivity contribution >= 4 is 39.3 Å². The molecule has 6 nitrogen and oxygen atoms in total. The van der Waals surface area contributed by atoms with Crippen LogP contribution in [0, 0.1) is 0 Å². The van der Waals surface area contributed by atoms with Crippen LogP contribution in [0.5, 0.6) is 5.88 Å². The molecule has 1 aliphatic heterocycles. The van der Waals surface area contributed by atoms with E-state index < -0.39 is 6.23 Å². The molecule has 1 amide bonds. The van der Waals surface area contributed by atoms with E-state index in [1.165, 1.54) is 18.7 Å². The minimum atomic E-state index is -0.672. The summed E-state index contributed by atoms with van der Waals surface area (Å²) in [6.45, 7) is 1.52. The fraction of sp³-hybridized carbons (Fsp3) is 0.158. The number of carbonyl (C=O) groups excluding carboxylic acids is 1. The number of benzene rings is 2. The number of nitrogens with zero attached hydrogens (tertiary/aromatic N) is 4. The van der Waals surface area contributed by atoms with Gasteiger partial charge < -0.3 is 4.74 Å². The molecule has 4 rings (SSSR count). The Bertz CT molecular complexity index is 1030. The Kier molecular flexibility index (Phi) is 4.84. The highest BCUT2D eigenvalue weighted by molar-refractivity contribution is 9.10. The molecule has 2 heterocycles. The van der Waals surface area contributed by atoms with Crippen LogP contribution in [0.4, 0.5) is 5.69 Å². The molecule has 136 valence electrons. The average Bonchev–Trinajstić information content (AvgIpc) is 2.82. The fourth-order valence-electron chi connectivity index (χ4n) is 3.02. The number of anilines is 1. The minimum absolute atomic E-state index is 0.140. The van der Waals surface area contributed by atoms with E-state index in [-0.39, 0.29) is 5.91 Å². The topological polar surface area (TPSA) is 68.2 Å². The van der Waals surface area contributed by atoms with Crippen molar-refractivity contribution in [3.05, 3.63) is 58.6 Å². The van der Waals surface area contributed by atoms with Crippen LogP contribution in [-0.4, -0.2) is 27.3 Å². The molecule has 0 saturated heterocycles. The van der Waals surface area contributed by atoms with Gasteiger partial charge in [0.25, 0.3) is 0 Å². The quantitative estimate of drug-likeness (QED) is 0.545. The monoisotopic (exact) mass is 442 g/mol. The summed E-state index contributed by atoms with van der Waals surface area (Å²) in [5.74, 6) is 0.216. The van der Waals surface area contributed by atoms with Gasteiger partial charge in [0.15, 0.2) is 5.69 Å². The zero-order chi connectivity index (χ0) is 19.0. The summed E-state index contributed by atoms with van der Waals surface area (Å²) >= 11 is 4.87. The molecule has 1 atom stereocenters. The Labute approximate surface area is 169 Å². The van der Waals surface area contributed by atoms with Crippen molar-refractivity contribution in [3.8, 4) is 17.1 Å². The van der Waals surface area contributed by atoms with Gasteiger partial charge in [-0.3, -0.25) is 9.69 Å². The second kappa shape index (κ2) is 7.28. The lowest BCUT2D eigenvalue weighted by Gasteiger charge is -2.30. The lowest BCUT2D eigenvalue weighted by molar-refractivity contribution is -0.118. The van der Waals surface area contributed by atoms with E-state index >= 15 is 0 Å². The molecule has 0 fully saturated rings. The normalized spacial score (nSPS) is 15.4. The molecule has 2 aromatic carbocycles. The van der Waals surface area contributed by atoms with Gasteiger partial charge in [0, 0.05) is 22.5 Å². The number of hydrogen-bond donors (Lipinski definition) is 0. The van der Waals surface area contributed by atoms with Gasteiger partial charge in [-0.05, 0) is 24.5 Å². The van der Waals surface area contributed by atoms with E-state index in [4.69, 9.17) is 4.74 Å². The van der Waals surface area contributed by atoms with Gasteiger partial charge in [0.1, 0.15) is 0 Å². The van der Waals surface area contributed by atoms with Gasteiger partial charge in [0.2, 0.25) is 23.2 Å². The van der Waals surface area contributed by atoms with Crippen molar-refractivity contribution in [2.45, 2.75) is 18.3 Å². The number of amides is 1. The molecule has 1 aliphatic rings. The molecule has 0 N–H and O–H groups in total. The highest BCUT2D eigenvalue weighted by Gasteiger charge is 2.34. The van der Waals surface area contributed by atoms with E-state index in [9.17, 15) is 4.79 Å². The van der Waals surface area contributed by atoms with E-state index in [0.717, 1.165) is 15.6 Å². The third-order valence-electron chi connectivity index (χ3n) is 4.17. The SMILES string of the molecule is CSc1nnc2c(n1)O[C@H](c1cccc(Br)c1)N(C(C)=O)c1ccccc1-2. The number of rotatable bonds is 2. The molecule has 8 heteroatoms. The first-order chi connectivity index (χ1) is 13.1. The first kappa shape index (κ1) is 17.9. The number of hydrogen-bond acceptors (Lipinski definition) is 6. The van der Waals surface area contributed by atoms with Crippen LogP contribution in [0.2, 0.25) is 0 Å². The van der Waals surface area contributed by atoms with Crippen LogP contribution in [0.3, 0.4) is 0 Å². The summed E-state index contributed by atoms with van der Waals surface area (Å²) in [7, 11) is 0. The summed E-state index contributed by atoms with van der Waals surface area (Å²) in [6.07, 6.45) is 1.20. The van der Waals surface area contributed by atoms with Crippen LogP contribution in [0.1, 0.15) is 18.7 Å². The fourth-order valence-corrected chi connectivity index (χ4v) is 3.73. The zero-order valence-electron chi connectivity index (χ0n) is 14.6. The minimum Gasteiger partial charge on any atom is -0.447 e. The molecule has 3 aromatic rings. The Morgan fingerprint density at radius 2 is 2.00 bits per heavy atom. The number of thioether (sulfide) groups is 1. The van der Waals surface area contributed by atoms with E-state index in [1.54, 1.807) is 4.90 Å². The Hall–Kier alpha value is -2.45. The predicted octanol–water partition coefficient (Wildman–Crippen LogP) is 4.47. The lowest BCUT2D eigenvalue weighted by Crippen LogP contribution is -2.36. The van der Waals surface area contributed by atoms with Crippen LogP contribution in [-0.2, 0) is 4.79 Å². The van der Waals surface area contributed by atoms with Crippen LogP contribution >= 0.6 is 27.7 Å². The molecular formula is C19H15BrN4O2S. The molecular weight excluding hydrogens is 428 g/mol. The molecule has 27 heavy (non-hydrogen) atoms. The molecule has 0 spiro atoms. The van der Waals surface area contributed by atoms with E-state index in [0.29, 0.717) is 22.4 Å². The molecule has 1 aromatic heterocycles. The van der Waals surface area contributed by atoms with Gasteiger partial charge in [-0.15, -0.1) is 10.2 Å². The van der Waals surface area contributed by atoms with Crippen LogP contribution in [0.15, 0.2) is 58.2 Å². The smallest absolute Gasteiger partial charge is 0.247 e. The zero-order valence-corrected chi connectivity index (χ0v) is 17.0. The van der Waals surface area contributed by atoms with Gasteiger partial charge >= 0.3 is 0 Å². The third-order valence-corrected chi connectivity index (χ3v) is 5.20. The van der Waals surface area contributed by atoms with Gasteiger partial charge in [-0.1, -0.05) is 58.0 Å². The first-order valence-electron chi connectivity index (χ1n) is 8.18. The van der Waals surface area contributed by atoms with Gasteiger partial charge in [-0.25, -0.2) is 0 Å². The standard InChI is InChI=1S/C19H15BrN4O2S/c1-11(25)24-15-9-4-3-8-14(15)16-17(21-19(27-2)23-22-16)26-18(24)12-6-5-7-13(20)10-12/h3-10,18H,1-2H3/t18-/m1/s1. The van der Waals surface area contributed by atoms with Gasteiger partial charge in [-0.2, -0.15) is 4.98 Å². The maximum Gasteiger partial charge on any atom is 0.247 e. The summed E-state index contributed by atoms with van der Waals surface area (Å²) in [5.41, 5.74) is 2.81. The molecule has 0 unspecified atom stereocenters. The number of halogens is 1. The number of fused-ring (bicyclic) bond motifs is 3. The largest absolute Gasteiger partial charge is 0.447 e. The van der Waals surface area contributed by atoms with Crippen molar-refractivity contribution < 1.29 is 9.53 Å². The van der Waals surface area contributed by atoms with Crippen molar-refractivity contribution in [1.82, 2.24) is 15.2 Å².